The quantitative estimate of drug-likeness (QED) is 0.545. The van der Waals surface area contributed by atoms with Gasteiger partial charge in [-0.25, -0.2) is 0 Å². The van der Waals surface area contributed by atoms with E-state index in [1.165, 1.54) is 6.20 Å². The zero-order chi connectivity index (χ0) is 5.98. The smallest absolute Gasteiger partial charge is 0.153 e. The third-order valence-corrected chi connectivity index (χ3v) is 0.996. The molecule has 8 heavy (non-hydrogen) atoms. The summed E-state index contributed by atoms with van der Waals surface area (Å²) in [4.78, 5) is 10.0. The standard InChI is InChI=1S/C5H6N2O.H2/c1-4-5(3-8)2-6-7-4;/h2-3H,1H3,(H,6,7);1H. The molecule has 1 aromatic rings. The fraction of sp³-hybridized carbons (Fsp3) is 0.200. The minimum atomic E-state index is 0. The SMILES string of the molecule is Cc1[nH]ncc1C=O.[HH]. The van der Waals surface area contributed by atoms with E-state index in [0.29, 0.717) is 5.56 Å². The van der Waals surface area contributed by atoms with E-state index in [1.54, 1.807) is 6.92 Å². The number of H-pyrrole nitrogens is 1. The molecule has 3 heteroatoms. The molecule has 3 nitrogen and oxygen atoms in total. The molecule has 0 saturated heterocycles. The summed E-state index contributed by atoms with van der Waals surface area (Å²) in [6.45, 7) is 1.80. The summed E-state index contributed by atoms with van der Waals surface area (Å²) in [5.41, 5.74) is 1.45. The van der Waals surface area contributed by atoms with E-state index < -0.39 is 0 Å². The number of nitrogens with one attached hydrogen (secondary N) is 1. The number of aryl methyl sites for hydroxylation is 1. The van der Waals surface area contributed by atoms with Crippen molar-refractivity contribution in [1.29, 1.82) is 0 Å². The highest BCUT2D eigenvalue weighted by molar-refractivity contribution is 5.75. The minimum Gasteiger partial charge on any atom is -0.298 e. The van der Waals surface area contributed by atoms with Gasteiger partial charge >= 0.3 is 0 Å². The number of carbonyl (C=O) groups excluding carboxylic acids is 1. The van der Waals surface area contributed by atoms with Crippen LogP contribution in [0.5, 0.6) is 0 Å². The highest BCUT2D eigenvalue weighted by Crippen LogP contribution is 1.95. The molecular formula is C5H8N2O. The maximum absolute atomic E-state index is 10.0. The lowest BCUT2D eigenvalue weighted by Crippen LogP contribution is -1.77. The molecule has 0 amide bonds. The van der Waals surface area contributed by atoms with Crippen molar-refractivity contribution in [2.75, 3.05) is 0 Å². The molecule has 0 aliphatic heterocycles. The number of aldehydes is 1. The first-order chi connectivity index (χ1) is 3.84. The highest BCUT2D eigenvalue weighted by atomic mass is 16.1. The Morgan fingerprint density at radius 2 is 2.75 bits per heavy atom. The average Bonchev–Trinajstić information content (AvgIpc) is 2.14. The zero-order valence-corrected chi connectivity index (χ0v) is 4.51. The van der Waals surface area contributed by atoms with Crippen molar-refractivity contribution < 1.29 is 6.22 Å². The van der Waals surface area contributed by atoms with Crippen molar-refractivity contribution in [2.24, 2.45) is 0 Å². The summed E-state index contributed by atoms with van der Waals surface area (Å²) in [5.74, 6) is 0. The van der Waals surface area contributed by atoms with Crippen LogP contribution in [0.25, 0.3) is 0 Å². The van der Waals surface area contributed by atoms with Gasteiger partial charge in [-0.2, -0.15) is 5.10 Å². The zero-order valence-electron chi connectivity index (χ0n) is 4.51. The van der Waals surface area contributed by atoms with Gasteiger partial charge in [0.15, 0.2) is 6.29 Å². The van der Waals surface area contributed by atoms with Gasteiger partial charge in [-0.1, -0.05) is 0 Å². The van der Waals surface area contributed by atoms with E-state index in [4.69, 9.17) is 0 Å². The molecule has 0 aliphatic rings. The number of hydrogen-bond acceptors (Lipinski definition) is 2. The van der Waals surface area contributed by atoms with Crippen molar-refractivity contribution >= 4 is 6.29 Å². The van der Waals surface area contributed by atoms with Crippen LogP contribution in [-0.4, -0.2) is 16.5 Å². The molecule has 0 bridgehead atoms. The van der Waals surface area contributed by atoms with Gasteiger partial charge in [0.1, 0.15) is 0 Å². The topological polar surface area (TPSA) is 45.8 Å². The van der Waals surface area contributed by atoms with Crippen molar-refractivity contribution in [1.82, 2.24) is 10.2 Å². The second kappa shape index (κ2) is 1.78. The second-order valence-corrected chi connectivity index (χ2v) is 1.57. The van der Waals surface area contributed by atoms with Crippen LogP contribution < -0.4 is 0 Å². The highest BCUT2D eigenvalue weighted by Gasteiger charge is 1.93. The Morgan fingerprint density at radius 1 is 2.00 bits per heavy atom. The van der Waals surface area contributed by atoms with E-state index in [1.807, 2.05) is 0 Å². The van der Waals surface area contributed by atoms with Crippen LogP contribution in [0.4, 0.5) is 0 Å². The third kappa shape index (κ3) is 0.621. The number of hydrogen-bond donors (Lipinski definition) is 1. The number of carbonyl (C=O) groups is 1. The summed E-state index contributed by atoms with van der Waals surface area (Å²) >= 11 is 0. The fourth-order valence-electron chi connectivity index (χ4n) is 0.479. The fourth-order valence-corrected chi connectivity index (χ4v) is 0.479. The van der Waals surface area contributed by atoms with Crippen LogP contribution in [0.2, 0.25) is 0 Å². The van der Waals surface area contributed by atoms with E-state index in [-0.39, 0.29) is 1.43 Å². The van der Waals surface area contributed by atoms with Gasteiger partial charge in [0, 0.05) is 7.12 Å². The van der Waals surface area contributed by atoms with E-state index in [9.17, 15) is 4.79 Å². The Labute approximate surface area is 48.2 Å². The number of nitrogens with zero attached hydrogens (tertiary/aromatic N) is 1. The maximum atomic E-state index is 10.0. The Balaban J connectivity index is 0.000000640. The molecule has 1 rings (SSSR count). The van der Waals surface area contributed by atoms with Gasteiger partial charge in [0.2, 0.25) is 0 Å². The summed E-state index contributed by atoms with van der Waals surface area (Å²) in [6, 6.07) is 0. The number of aromatic amines is 1. The number of aromatic nitrogens is 2. The first kappa shape index (κ1) is 5.03. The Bertz CT molecular complexity index is 197. The number of rotatable bonds is 1. The molecule has 44 valence electrons. The lowest BCUT2D eigenvalue weighted by atomic mass is 10.3. The molecule has 0 aliphatic carbocycles. The molecule has 0 spiro atoms. The van der Waals surface area contributed by atoms with Gasteiger partial charge in [-0.05, 0) is 6.92 Å². The summed E-state index contributed by atoms with van der Waals surface area (Å²) in [5, 5.41) is 6.27. The van der Waals surface area contributed by atoms with Crippen LogP contribution >= 0.6 is 0 Å². The van der Waals surface area contributed by atoms with Crippen molar-refractivity contribution in [2.45, 2.75) is 6.92 Å². The van der Waals surface area contributed by atoms with Crippen molar-refractivity contribution in [3.8, 4) is 0 Å². The second-order valence-electron chi connectivity index (χ2n) is 1.57. The molecule has 0 unspecified atom stereocenters. The summed E-state index contributed by atoms with van der Waals surface area (Å²) in [6.07, 6.45) is 2.28. The Hall–Kier alpha value is -1.12. The molecule has 0 aromatic carbocycles. The van der Waals surface area contributed by atoms with Crippen molar-refractivity contribution in [3.63, 3.8) is 0 Å². The molecule has 1 heterocycles. The lowest BCUT2D eigenvalue weighted by Gasteiger charge is -1.78. The van der Waals surface area contributed by atoms with Crippen LogP contribution in [0.1, 0.15) is 17.5 Å². The van der Waals surface area contributed by atoms with Crippen molar-refractivity contribution in [3.05, 3.63) is 17.5 Å². The Morgan fingerprint density at radius 3 is 3.00 bits per heavy atom. The summed E-state index contributed by atoms with van der Waals surface area (Å²) in [7, 11) is 0. The normalized spacial score (nSPS) is 9.12. The third-order valence-electron chi connectivity index (χ3n) is 0.996. The molecule has 0 radical (unpaired) electrons. The van der Waals surface area contributed by atoms with Gasteiger partial charge in [-0.3, -0.25) is 9.89 Å². The predicted octanol–water partition coefficient (Wildman–Crippen LogP) is 0.777. The molecule has 0 saturated carbocycles. The average molecular weight is 112 g/mol. The lowest BCUT2D eigenvalue weighted by molar-refractivity contribution is 0.112. The van der Waals surface area contributed by atoms with Crippen LogP contribution in [0.3, 0.4) is 0 Å². The minimum absolute atomic E-state index is 0. The molecule has 1 N–H and O–H groups in total. The largest absolute Gasteiger partial charge is 0.298 e. The summed E-state index contributed by atoms with van der Waals surface area (Å²) < 4.78 is 0. The Kier molecular flexibility index (Phi) is 1.12. The van der Waals surface area contributed by atoms with Gasteiger partial charge in [0.25, 0.3) is 0 Å². The van der Waals surface area contributed by atoms with Gasteiger partial charge < -0.3 is 0 Å². The van der Waals surface area contributed by atoms with Crippen LogP contribution in [0, 0.1) is 6.92 Å². The molecule has 0 atom stereocenters. The van der Waals surface area contributed by atoms with Gasteiger partial charge in [0.05, 0.1) is 11.8 Å². The molecular weight excluding hydrogens is 104 g/mol. The first-order valence-corrected chi connectivity index (χ1v) is 2.29. The molecule has 0 fully saturated rings. The molecule has 1 aromatic heterocycles. The van der Waals surface area contributed by atoms with Crippen LogP contribution in [0.15, 0.2) is 6.20 Å². The van der Waals surface area contributed by atoms with Crippen LogP contribution in [-0.2, 0) is 0 Å². The first-order valence-electron chi connectivity index (χ1n) is 2.29. The maximum Gasteiger partial charge on any atom is 0.153 e. The van der Waals surface area contributed by atoms with E-state index in [2.05, 4.69) is 10.2 Å². The van der Waals surface area contributed by atoms with E-state index >= 15 is 0 Å². The van der Waals surface area contributed by atoms with E-state index in [0.717, 1.165) is 12.0 Å². The van der Waals surface area contributed by atoms with Gasteiger partial charge in [-0.15, -0.1) is 0 Å². The monoisotopic (exact) mass is 112 g/mol. The predicted molar refractivity (Wildman–Crippen MR) is 30.8 cm³/mol.